The summed E-state index contributed by atoms with van der Waals surface area (Å²) in [6.45, 7) is 13.5. The second-order valence-corrected chi connectivity index (χ2v) is 7.44. The van der Waals surface area contributed by atoms with E-state index in [9.17, 15) is 4.79 Å². The number of rotatable bonds is 5. The number of likely N-dealkylation sites (tertiary alicyclic amines) is 1. The fourth-order valence-electron chi connectivity index (χ4n) is 2.88. The van der Waals surface area contributed by atoms with Crippen molar-refractivity contribution in [3.63, 3.8) is 0 Å². The second kappa shape index (κ2) is 8.85. The zero-order valence-corrected chi connectivity index (χ0v) is 14.9. The molecule has 23 heavy (non-hydrogen) atoms. The molecule has 0 aliphatic carbocycles. The molecule has 6 heteroatoms. The van der Waals surface area contributed by atoms with Crippen LogP contribution in [0.15, 0.2) is 0 Å². The first kappa shape index (κ1) is 18.5. The van der Waals surface area contributed by atoms with Crippen molar-refractivity contribution in [2.45, 2.75) is 39.2 Å². The number of carbonyl (C=O) groups is 1. The number of carbonyl (C=O) groups excluding carboxylic acids is 1. The molecule has 0 aromatic rings. The first-order chi connectivity index (χ1) is 10.9. The van der Waals surface area contributed by atoms with Crippen molar-refractivity contribution in [2.75, 3.05) is 59.2 Å². The van der Waals surface area contributed by atoms with E-state index < -0.39 is 5.60 Å². The van der Waals surface area contributed by atoms with Crippen LogP contribution >= 0.6 is 0 Å². The van der Waals surface area contributed by atoms with Gasteiger partial charge < -0.3 is 19.1 Å². The van der Waals surface area contributed by atoms with Crippen LogP contribution in [0, 0.1) is 5.92 Å². The average Bonchev–Trinajstić information content (AvgIpc) is 2.51. The zero-order valence-electron chi connectivity index (χ0n) is 14.9. The Morgan fingerprint density at radius 1 is 1.13 bits per heavy atom. The maximum Gasteiger partial charge on any atom is 0.410 e. The molecule has 134 valence electrons. The van der Waals surface area contributed by atoms with E-state index in [4.69, 9.17) is 14.2 Å². The lowest BCUT2D eigenvalue weighted by molar-refractivity contribution is 0.00252. The molecule has 0 radical (unpaired) electrons. The third-order valence-corrected chi connectivity index (χ3v) is 4.28. The highest BCUT2D eigenvalue weighted by atomic mass is 16.6. The lowest BCUT2D eigenvalue weighted by atomic mass is 9.98. The van der Waals surface area contributed by atoms with E-state index in [1.807, 2.05) is 25.7 Å². The third kappa shape index (κ3) is 7.06. The Morgan fingerprint density at radius 2 is 1.78 bits per heavy atom. The van der Waals surface area contributed by atoms with Gasteiger partial charge in [-0.25, -0.2) is 4.79 Å². The van der Waals surface area contributed by atoms with Crippen molar-refractivity contribution in [1.82, 2.24) is 9.80 Å². The summed E-state index contributed by atoms with van der Waals surface area (Å²) in [5, 5.41) is 0. The number of piperidine rings is 1. The quantitative estimate of drug-likeness (QED) is 0.722. The molecule has 2 heterocycles. The van der Waals surface area contributed by atoms with E-state index >= 15 is 0 Å². The van der Waals surface area contributed by atoms with Gasteiger partial charge in [0, 0.05) is 39.3 Å². The maximum atomic E-state index is 12.0. The van der Waals surface area contributed by atoms with Gasteiger partial charge in [0.25, 0.3) is 0 Å². The molecule has 0 N–H and O–H groups in total. The van der Waals surface area contributed by atoms with E-state index in [0.717, 1.165) is 72.0 Å². The fourth-order valence-corrected chi connectivity index (χ4v) is 2.88. The summed E-state index contributed by atoms with van der Waals surface area (Å²) in [5.74, 6) is 0.554. The summed E-state index contributed by atoms with van der Waals surface area (Å²) in [6, 6.07) is 0. The van der Waals surface area contributed by atoms with Crippen molar-refractivity contribution >= 4 is 6.09 Å². The van der Waals surface area contributed by atoms with Crippen molar-refractivity contribution in [1.29, 1.82) is 0 Å². The van der Waals surface area contributed by atoms with E-state index in [1.54, 1.807) is 0 Å². The number of nitrogens with zero attached hydrogens (tertiary/aromatic N) is 2. The van der Waals surface area contributed by atoms with Crippen LogP contribution < -0.4 is 0 Å². The monoisotopic (exact) mass is 328 g/mol. The van der Waals surface area contributed by atoms with Crippen LogP contribution in [0.4, 0.5) is 4.79 Å². The lowest BCUT2D eigenvalue weighted by Gasteiger charge is -2.33. The first-order valence-corrected chi connectivity index (χ1v) is 8.80. The molecule has 2 saturated heterocycles. The minimum Gasteiger partial charge on any atom is -0.444 e. The average molecular weight is 328 g/mol. The summed E-state index contributed by atoms with van der Waals surface area (Å²) in [5.41, 5.74) is -0.420. The molecule has 2 aliphatic heterocycles. The standard InChI is InChI=1S/C17H32N2O4/c1-17(2,3)23-16(20)19-6-4-15(5-7-19)14-22-13-10-18-8-11-21-12-9-18/h15H,4-14H2,1-3H3. The van der Waals surface area contributed by atoms with Gasteiger partial charge in [-0.1, -0.05) is 0 Å². The number of ether oxygens (including phenoxy) is 3. The number of amides is 1. The van der Waals surface area contributed by atoms with Gasteiger partial charge in [-0.05, 0) is 39.5 Å². The summed E-state index contributed by atoms with van der Waals surface area (Å²) in [4.78, 5) is 16.2. The Labute approximate surface area is 140 Å². The molecule has 0 spiro atoms. The molecule has 0 saturated carbocycles. The minimum absolute atomic E-state index is 0.191. The van der Waals surface area contributed by atoms with Crippen LogP contribution in [-0.2, 0) is 14.2 Å². The Kier molecular flexibility index (Phi) is 7.11. The van der Waals surface area contributed by atoms with Crippen LogP contribution in [0.1, 0.15) is 33.6 Å². The Morgan fingerprint density at radius 3 is 2.39 bits per heavy atom. The molecule has 0 aromatic heterocycles. The normalized spacial score (nSPS) is 21.4. The topological polar surface area (TPSA) is 51.2 Å². The minimum atomic E-state index is -0.420. The van der Waals surface area contributed by atoms with Crippen LogP contribution in [0.25, 0.3) is 0 Å². The number of hydrogen-bond donors (Lipinski definition) is 0. The highest BCUT2D eigenvalue weighted by molar-refractivity contribution is 5.68. The van der Waals surface area contributed by atoms with Crippen molar-refractivity contribution in [3.8, 4) is 0 Å². The smallest absolute Gasteiger partial charge is 0.410 e. The SMILES string of the molecule is CC(C)(C)OC(=O)N1CCC(COCCN2CCOCC2)CC1. The number of hydrogen-bond acceptors (Lipinski definition) is 5. The number of morpholine rings is 1. The molecular formula is C17H32N2O4. The molecule has 0 bridgehead atoms. The molecular weight excluding hydrogens is 296 g/mol. The Bertz CT molecular complexity index is 356. The van der Waals surface area contributed by atoms with Gasteiger partial charge in [0.15, 0.2) is 0 Å². The van der Waals surface area contributed by atoms with Gasteiger partial charge >= 0.3 is 6.09 Å². The molecule has 2 fully saturated rings. The Balaban J connectivity index is 1.55. The lowest BCUT2D eigenvalue weighted by Crippen LogP contribution is -2.42. The van der Waals surface area contributed by atoms with Gasteiger partial charge in [0.05, 0.1) is 19.8 Å². The van der Waals surface area contributed by atoms with Crippen LogP contribution in [0.5, 0.6) is 0 Å². The first-order valence-electron chi connectivity index (χ1n) is 8.80. The summed E-state index contributed by atoms with van der Waals surface area (Å²) >= 11 is 0. The molecule has 6 nitrogen and oxygen atoms in total. The van der Waals surface area contributed by atoms with E-state index in [2.05, 4.69) is 4.90 Å². The van der Waals surface area contributed by atoms with Gasteiger partial charge in [0.2, 0.25) is 0 Å². The van der Waals surface area contributed by atoms with Crippen LogP contribution in [0.3, 0.4) is 0 Å². The van der Waals surface area contributed by atoms with Gasteiger partial charge in [-0.3, -0.25) is 4.90 Å². The molecule has 2 rings (SSSR count). The third-order valence-electron chi connectivity index (χ3n) is 4.28. The predicted molar refractivity (Wildman–Crippen MR) is 88.6 cm³/mol. The highest BCUT2D eigenvalue weighted by Crippen LogP contribution is 2.19. The van der Waals surface area contributed by atoms with Gasteiger partial charge in [-0.15, -0.1) is 0 Å². The molecule has 1 amide bonds. The maximum absolute atomic E-state index is 12.0. The zero-order chi connectivity index (χ0) is 16.7. The summed E-state index contributed by atoms with van der Waals surface area (Å²) < 4.78 is 16.6. The van der Waals surface area contributed by atoms with Crippen molar-refractivity contribution in [2.24, 2.45) is 5.92 Å². The largest absolute Gasteiger partial charge is 0.444 e. The molecule has 2 aliphatic rings. The van der Waals surface area contributed by atoms with Crippen LogP contribution in [-0.4, -0.2) is 80.6 Å². The van der Waals surface area contributed by atoms with Crippen LogP contribution in [0.2, 0.25) is 0 Å². The molecule has 0 atom stereocenters. The predicted octanol–water partition coefficient (Wildman–Crippen LogP) is 1.98. The van der Waals surface area contributed by atoms with E-state index in [1.165, 1.54) is 0 Å². The molecule has 0 unspecified atom stereocenters. The summed E-state index contributed by atoms with van der Waals surface area (Å²) in [7, 11) is 0. The fraction of sp³-hybridized carbons (Fsp3) is 0.941. The van der Waals surface area contributed by atoms with Crippen molar-refractivity contribution < 1.29 is 19.0 Å². The van der Waals surface area contributed by atoms with Gasteiger partial charge in [-0.2, -0.15) is 0 Å². The summed E-state index contributed by atoms with van der Waals surface area (Å²) in [6.07, 6.45) is 1.80. The van der Waals surface area contributed by atoms with E-state index in [0.29, 0.717) is 5.92 Å². The Hall–Kier alpha value is -0.850. The highest BCUT2D eigenvalue weighted by Gasteiger charge is 2.26. The van der Waals surface area contributed by atoms with Crippen molar-refractivity contribution in [3.05, 3.63) is 0 Å². The second-order valence-electron chi connectivity index (χ2n) is 7.44. The van der Waals surface area contributed by atoms with E-state index in [-0.39, 0.29) is 6.09 Å². The van der Waals surface area contributed by atoms with Gasteiger partial charge in [0.1, 0.15) is 5.60 Å². The molecule has 0 aromatic carbocycles.